The number of methoxy groups -OCH3 is 1. The summed E-state index contributed by atoms with van der Waals surface area (Å²) in [6.45, 7) is 0.993. The molecule has 2 aliphatic rings. The third kappa shape index (κ3) is 4.16. The highest BCUT2D eigenvalue weighted by Crippen LogP contribution is 2.39. The average Bonchev–Trinajstić information content (AvgIpc) is 3.17. The minimum absolute atomic E-state index is 0.0296. The summed E-state index contributed by atoms with van der Waals surface area (Å²) in [5, 5.41) is 0. The van der Waals surface area contributed by atoms with E-state index in [9.17, 15) is 26.8 Å². The van der Waals surface area contributed by atoms with E-state index in [4.69, 9.17) is 4.74 Å². The summed E-state index contributed by atoms with van der Waals surface area (Å²) in [6.07, 6.45) is 2.69. The first-order chi connectivity index (χ1) is 15.2. The van der Waals surface area contributed by atoms with Crippen LogP contribution in [-0.2, 0) is 27.7 Å². The Morgan fingerprint density at radius 2 is 1.69 bits per heavy atom. The maximum absolute atomic E-state index is 13.6. The Morgan fingerprint density at radius 3 is 2.31 bits per heavy atom. The number of hydrogen-bond acceptors (Lipinski definition) is 6. The molecule has 2 aromatic rings. The Balaban J connectivity index is 1.70. The minimum Gasteiger partial charge on any atom is -0.465 e. The molecule has 3 heterocycles. The van der Waals surface area contributed by atoms with Crippen LogP contribution in [0.25, 0.3) is 0 Å². The number of carbonyl (C=O) groups is 2. The van der Waals surface area contributed by atoms with Gasteiger partial charge in [0.25, 0.3) is 15.9 Å². The summed E-state index contributed by atoms with van der Waals surface area (Å²) < 4.78 is 60.0. The molecule has 1 saturated heterocycles. The second kappa shape index (κ2) is 8.87. The molecule has 172 valence electrons. The second-order valence-corrected chi connectivity index (χ2v) is 11.0. The van der Waals surface area contributed by atoms with Crippen molar-refractivity contribution in [3.05, 3.63) is 51.4 Å². The molecule has 11 heteroatoms. The summed E-state index contributed by atoms with van der Waals surface area (Å²) in [7, 11) is -2.70. The van der Waals surface area contributed by atoms with Crippen molar-refractivity contribution in [2.24, 2.45) is 0 Å². The number of amides is 1. The van der Waals surface area contributed by atoms with E-state index in [0.717, 1.165) is 42.7 Å². The largest absolute Gasteiger partial charge is 0.465 e. The van der Waals surface area contributed by atoms with Crippen LogP contribution in [0.4, 0.5) is 8.78 Å². The molecule has 4 rings (SSSR count). The van der Waals surface area contributed by atoms with Gasteiger partial charge < -0.3 is 9.64 Å². The van der Waals surface area contributed by atoms with Crippen LogP contribution >= 0.6 is 11.3 Å². The third-order valence-corrected chi connectivity index (χ3v) is 9.31. The van der Waals surface area contributed by atoms with Crippen molar-refractivity contribution in [1.29, 1.82) is 0 Å². The first kappa shape index (κ1) is 22.8. The van der Waals surface area contributed by atoms with Gasteiger partial charge in [0.1, 0.15) is 15.8 Å². The normalized spacial score (nSPS) is 17.2. The van der Waals surface area contributed by atoms with E-state index in [1.165, 1.54) is 16.3 Å². The number of fused-ring (bicyclic) bond motifs is 1. The lowest BCUT2D eigenvalue weighted by molar-refractivity contribution is 0.0595. The monoisotopic (exact) mass is 484 g/mol. The van der Waals surface area contributed by atoms with Gasteiger partial charge in [0.2, 0.25) is 0 Å². The van der Waals surface area contributed by atoms with Crippen molar-refractivity contribution in [1.82, 2.24) is 9.21 Å². The van der Waals surface area contributed by atoms with E-state index in [1.54, 1.807) is 0 Å². The van der Waals surface area contributed by atoms with E-state index >= 15 is 0 Å². The number of halogens is 2. The van der Waals surface area contributed by atoms with Gasteiger partial charge in [-0.1, -0.05) is 6.42 Å². The first-order valence-corrected chi connectivity index (χ1v) is 12.5. The van der Waals surface area contributed by atoms with Gasteiger partial charge in [-0.15, -0.1) is 11.3 Å². The molecule has 0 aliphatic carbocycles. The van der Waals surface area contributed by atoms with Gasteiger partial charge >= 0.3 is 5.97 Å². The lowest BCUT2D eigenvalue weighted by atomic mass is 10.0. The fourth-order valence-electron chi connectivity index (χ4n) is 4.12. The van der Waals surface area contributed by atoms with Crippen LogP contribution in [0.3, 0.4) is 0 Å². The molecule has 7 nitrogen and oxygen atoms in total. The Hall–Kier alpha value is -2.37. The zero-order valence-corrected chi connectivity index (χ0v) is 19.0. The summed E-state index contributed by atoms with van der Waals surface area (Å²) in [6, 6.07) is 2.60. The number of thiophene rings is 1. The van der Waals surface area contributed by atoms with Gasteiger partial charge in [-0.05, 0) is 37.0 Å². The summed E-state index contributed by atoms with van der Waals surface area (Å²) >= 11 is 0.956. The highest BCUT2D eigenvalue weighted by atomic mass is 32.2. The zero-order valence-electron chi connectivity index (χ0n) is 17.4. The van der Waals surface area contributed by atoms with Crippen LogP contribution in [0, 0.1) is 11.6 Å². The van der Waals surface area contributed by atoms with Gasteiger partial charge in [-0.2, -0.15) is 4.31 Å². The molecule has 1 fully saturated rings. The number of nitrogens with zero attached hydrogens (tertiary/aromatic N) is 2. The lowest BCUT2D eigenvalue weighted by Crippen LogP contribution is -2.36. The zero-order chi connectivity index (χ0) is 23.0. The molecule has 0 radical (unpaired) electrons. The molecular formula is C21H22F2N2O5S2. The number of hydrogen-bond donors (Lipinski definition) is 0. The lowest BCUT2D eigenvalue weighted by Gasteiger charge is -2.27. The maximum atomic E-state index is 13.6. The molecule has 1 aromatic carbocycles. The molecular weight excluding hydrogens is 462 g/mol. The second-order valence-electron chi connectivity index (χ2n) is 7.76. The predicted octanol–water partition coefficient (Wildman–Crippen LogP) is 3.19. The third-order valence-electron chi connectivity index (χ3n) is 5.70. The number of rotatable bonds is 4. The maximum Gasteiger partial charge on any atom is 0.340 e. The predicted molar refractivity (Wildman–Crippen MR) is 113 cm³/mol. The van der Waals surface area contributed by atoms with Crippen molar-refractivity contribution in [2.45, 2.75) is 36.4 Å². The summed E-state index contributed by atoms with van der Waals surface area (Å²) in [5.74, 6) is -3.01. The van der Waals surface area contributed by atoms with E-state index in [2.05, 4.69) is 0 Å². The van der Waals surface area contributed by atoms with Crippen LogP contribution in [0.5, 0.6) is 0 Å². The number of esters is 1. The van der Waals surface area contributed by atoms with Gasteiger partial charge in [-0.25, -0.2) is 22.0 Å². The number of sulfonamides is 1. The first-order valence-electron chi connectivity index (χ1n) is 10.2. The van der Waals surface area contributed by atoms with Crippen molar-refractivity contribution in [2.75, 3.05) is 26.7 Å². The number of ether oxygens (including phenoxy) is 1. The van der Waals surface area contributed by atoms with E-state index in [0.29, 0.717) is 29.6 Å². The number of piperidine rings is 1. The molecule has 32 heavy (non-hydrogen) atoms. The standard InChI is InChI=1S/C21H22F2N2O5S2/c1-30-20(27)18-16-5-8-24(19(26)13-9-14(22)11-15(23)10-13)12-17(16)31-21(18)32(28,29)25-6-3-2-4-7-25/h9-11H,2-8,12H2,1H3. The molecule has 0 bridgehead atoms. The van der Waals surface area contributed by atoms with Gasteiger partial charge in [0, 0.05) is 36.1 Å². The Kier molecular flexibility index (Phi) is 6.33. The van der Waals surface area contributed by atoms with E-state index in [1.807, 2.05) is 0 Å². The molecule has 0 N–H and O–H groups in total. The molecule has 1 amide bonds. The summed E-state index contributed by atoms with van der Waals surface area (Å²) in [4.78, 5) is 27.3. The molecule has 0 saturated carbocycles. The highest BCUT2D eigenvalue weighted by Gasteiger charge is 2.38. The SMILES string of the molecule is COC(=O)c1c(S(=O)(=O)N2CCCCC2)sc2c1CCN(C(=O)c1cc(F)cc(F)c1)C2. The molecule has 1 aromatic heterocycles. The van der Waals surface area contributed by atoms with Crippen molar-refractivity contribution < 1.29 is 31.5 Å². The summed E-state index contributed by atoms with van der Waals surface area (Å²) in [5.41, 5.74) is 0.450. The van der Waals surface area contributed by atoms with Crippen LogP contribution in [0.15, 0.2) is 22.4 Å². The smallest absolute Gasteiger partial charge is 0.340 e. The van der Waals surface area contributed by atoms with E-state index < -0.39 is 33.5 Å². The van der Waals surface area contributed by atoms with Gasteiger partial charge in [0.05, 0.1) is 19.2 Å². The van der Waals surface area contributed by atoms with Crippen molar-refractivity contribution in [3.8, 4) is 0 Å². The van der Waals surface area contributed by atoms with Crippen molar-refractivity contribution in [3.63, 3.8) is 0 Å². The number of carbonyl (C=O) groups excluding carboxylic acids is 2. The molecule has 0 spiro atoms. The number of benzene rings is 1. The van der Waals surface area contributed by atoms with Crippen LogP contribution in [-0.4, -0.2) is 56.2 Å². The Bertz CT molecular complexity index is 1150. The van der Waals surface area contributed by atoms with E-state index in [-0.39, 0.29) is 34.8 Å². The van der Waals surface area contributed by atoms with Crippen molar-refractivity contribution >= 4 is 33.2 Å². The Labute approximate surface area is 188 Å². The molecule has 0 atom stereocenters. The topological polar surface area (TPSA) is 84.0 Å². The van der Waals surface area contributed by atoms with Crippen LogP contribution in [0.1, 0.15) is 50.4 Å². The van der Waals surface area contributed by atoms with Gasteiger partial charge in [-0.3, -0.25) is 4.79 Å². The quantitative estimate of drug-likeness (QED) is 0.623. The van der Waals surface area contributed by atoms with Crippen LogP contribution < -0.4 is 0 Å². The van der Waals surface area contributed by atoms with Crippen LogP contribution in [0.2, 0.25) is 0 Å². The average molecular weight is 485 g/mol. The highest BCUT2D eigenvalue weighted by molar-refractivity contribution is 7.91. The fourth-order valence-corrected chi connectivity index (χ4v) is 7.68. The fraction of sp³-hybridized carbons (Fsp3) is 0.429. The molecule has 2 aliphatic heterocycles. The minimum atomic E-state index is -3.89. The molecule has 0 unspecified atom stereocenters. The van der Waals surface area contributed by atoms with Gasteiger partial charge in [0.15, 0.2) is 0 Å². The Morgan fingerprint density at radius 1 is 1.03 bits per heavy atom.